The zero-order valence-corrected chi connectivity index (χ0v) is 10.5. The molecule has 0 aliphatic carbocycles. The third kappa shape index (κ3) is 3.51. The zero-order valence-electron chi connectivity index (χ0n) is 8.89. The number of amides is 1. The monoisotopic (exact) mass is 267 g/mol. The van der Waals surface area contributed by atoms with Crippen LogP contribution in [0.25, 0.3) is 0 Å². The Labute approximate surface area is 108 Å². The molecule has 0 spiro atoms. The summed E-state index contributed by atoms with van der Waals surface area (Å²) in [5.74, 6) is -0.149. The second kappa shape index (κ2) is 5.75. The molecule has 0 aliphatic heterocycles. The van der Waals surface area contributed by atoms with Gasteiger partial charge >= 0.3 is 0 Å². The Balaban J connectivity index is 1.83. The smallest absolute Gasteiger partial charge is 0.252 e. The van der Waals surface area contributed by atoms with Gasteiger partial charge in [0, 0.05) is 24.5 Å². The molecule has 0 saturated heterocycles. The van der Waals surface area contributed by atoms with E-state index in [9.17, 15) is 4.79 Å². The molecule has 2 rings (SSSR count). The van der Waals surface area contributed by atoms with Gasteiger partial charge in [0.1, 0.15) is 5.15 Å². The average molecular weight is 268 g/mol. The maximum absolute atomic E-state index is 11.7. The molecule has 0 fully saturated rings. The Bertz CT molecular complexity index is 484. The molecule has 2 aromatic heterocycles. The summed E-state index contributed by atoms with van der Waals surface area (Å²) in [6.45, 7) is 0.561. The molecule has 0 unspecified atom stereocenters. The number of nitrogens with zero attached hydrogens (tertiary/aromatic N) is 2. The maximum Gasteiger partial charge on any atom is 0.252 e. The molecule has 6 heteroatoms. The minimum absolute atomic E-state index is 0.149. The molecule has 0 bridgehead atoms. The lowest BCUT2D eigenvalue weighted by atomic mass is 10.2. The fourth-order valence-electron chi connectivity index (χ4n) is 1.28. The van der Waals surface area contributed by atoms with Crippen molar-refractivity contribution in [1.82, 2.24) is 15.3 Å². The van der Waals surface area contributed by atoms with Gasteiger partial charge in [-0.25, -0.2) is 9.97 Å². The van der Waals surface area contributed by atoms with Crippen LogP contribution in [0.15, 0.2) is 29.2 Å². The fourth-order valence-corrected chi connectivity index (χ4v) is 1.98. The first kappa shape index (κ1) is 12.0. The molecule has 1 N–H and O–H groups in total. The van der Waals surface area contributed by atoms with Crippen LogP contribution in [0.2, 0.25) is 5.15 Å². The van der Waals surface area contributed by atoms with Gasteiger partial charge in [-0.3, -0.25) is 4.79 Å². The number of aromatic nitrogens is 2. The number of hydrogen-bond acceptors (Lipinski definition) is 4. The second-order valence-corrected chi connectivity index (χ2v) is 4.46. The highest BCUT2D eigenvalue weighted by Crippen LogP contribution is 2.05. The van der Waals surface area contributed by atoms with Gasteiger partial charge in [0.15, 0.2) is 0 Å². The number of thiazole rings is 1. The molecule has 2 heterocycles. The predicted molar refractivity (Wildman–Crippen MR) is 67.4 cm³/mol. The first-order valence-electron chi connectivity index (χ1n) is 5.02. The number of pyridine rings is 1. The average Bonchev–Trinajstić information content (AvgIpc) is 2.83. The predicted octanol–water partition coefficient (Wildman–Crippen LogP) is 2.16. The molecule has 0 aromatic carbocycles. The summed E-state index contributed by atoms with van der Waals surface area (Å²) < 4.78 is 0. The third-order valence-corrected chi connectivity index (χ3v) is 3.00. The van der Waals surface area contributed by atoms with Gasteiger partial charge < -0.3 is 5.32 Å². The molecular weight excluding hydrogens is 258 g/mol. The van der Waals surface area contributed by atoms with Crippen LogP contribution in [-0.2, 0) is 6.42 Å². The Kier molecular flexibility index (Phi) is 4.06. The Morgan fingerprint density at radius 2 is 2.29 bits per heavy atom. The fraction of sp³-hybridized carbons (Fsp3) is 0.182. The highest BCUT2D eigenvalue weighted by atomic mass is 35.5. The lowest BCUT2D eigenvalue weighted by molar-refractivity contribution is 0.0953. The van der Waals surface area contributed by atoms with Crippen molar-refractivity contribution in [3.05, 3.63) is 45.6 Å². The summed E-state index contributed by atoms with van der Waals surface area (Å²) in [6.07, 6.45) is 2.19. The molecule has 17 heavy (non-hydrogen) atoms. The molecular formula is C11H10ClN3OS. The molecule has 0 aliphatic rings. The van der Waals surface area contributed by atoms with Gasteiger partial charge in [-0.2, -0.15) is 0 Å². The summed E-state index contributed by atoms with van der Waals surface area (Å²) >= 11 is 7.19. The third-order valence-electron chi connectivity index (χ3n) is 2.14. The summed E-state index contributed by atoms with van der Waals surface area (Å²) in [5.41, 5.74) is 3.28. The first-order valence-corrected chi connectivity index (χ1v) is 6.34. The quantitative estimate of drug-likeness (QED) is 0.864. The Morgan fingerprint density at radius 3 is 2.94 bits per heavy atom. The van der Waals surface area contributed by atoms with E-state index < -0.39 is 0 Å². The van der Waals surface area contributed by atoms with Gasteiger partial charge in [0.2, 0.25) is 0 Å². The van der Waals surface area contributed by atoms with Crippen LogP contribution in [0.4, 0.5) is 0 Å². The van der Waals surface area contributed by atoms with Crippen molar-refractivity contribution in [2.45, 2.75) is 6.42 Å². The van der Waals surface area contributed by atoms with Gasteiger partial charge in [-0.15, -0.1) is 11.3 Å². The van der Waals surface area contributed by atoms with E-state index in [1.54, 1.807) is 29.0 Å². The van der Waals surface area contributed by atoms with Crippen LogP contribution in [-0.4, -0.2) is 22.4 Å². The van der Waals surface area contributed by atoms with Crippen LogP contribution in [0.3, 0.4) is 0 Å². The van der Waals surface area contributed by atoms with E-state index in [0.717, 1.165) is 12.1 Å². The molecule has 1 amide bonds. The topological polar surface area (TPSA) is 54.9 Å². The maximum atomic E-state index is 11.7. The summed E-state index contributed by atoms with van der Waals surface area (Å²) in [7, 11) is 0. The van der Waals surface area contributed by atoms with Gasteiger partial charge in [-0.1, -0.05) is 11.6 Å². The largest absolute Gasteiger partial charge is 0.352 e. The minimum Gasteiger partial charge on any atom is -0.352 e. The first-order chi connectivity index (χ1) is 8.25. The van der Waals surface area contributed by atoms with Crippen LogP contribution < -0.4 is 5.32 Å². The van der Waals surface area contributed by atoms with E-state index in [1.165, 1.54) is 6.20 Å². The Morgan fingerprint density at radius 1 is 1.41 bits per heavy atom. The van der Waals surface area contributed by atoms with Crippen molar-refractivity contribution >= 4 is 28.8 Å². The highest BCUT2D eigenvalue weighted by molar-refractivity contribution is 7.07. The lowest BCUT2D eigenvalue weighted by Crippen LogP contribution is -2.25. The molecule has 0 saturated carbocycles. The zero-order chi connectivity index (χ0) is 12.1. The highest BCUT2D eigenvalue weighted by Gasteiger charge is 2.05. The van der Waals surface area contributed by atoms with E-state index in [4.69, 9.17) is 11.6 Å². The van der Waals surface area contributed by atoms with Crippen molar-refractivity contribution in [2.75, 3.05) is 6.54 Å². The van der Waals surface area contributed by atoms with E-state index in [-0.39, 0.29) is 5.91 Å². The van der Waals surface area contributed by atoms with Crippen molar-refractivity contribution < 1.29 is 4.79 Å². The number of rotatable bonds is 4. The number of hydrogen-bond donors (Lipinski definition) is 1. The normalized spacial score (nSPS) is 10.2. The van der Waals surface area contributed by atoms with E-state index in [2.05, 4.69) is 15.3 Å². The van der Waals surface area contributed by atoms with Crippen molar-refractivity contribution in [3.8, 4) is 0 Å². The minimum atomic E-state index is -0.149. The van der Waals surface area contributed by atoms with Gasteiger partial charge in [0.05, 0.1) is 16.8 Å². The van der Waals surface area contributed by atoms with Crippen LogP contribution in [0.5, 0.6) is 0 Å². The van der Waals surface area contributed by atoms with E-state index >= 15 is 0 Å². The molecule has 88 valence electrons. The number of carbonyl (C=O) groups is 1. The number of nitrogens with one attached hydrogen (secondary N) is 1. The van der Waals surface area contributed by atoms with E-state index in [1.807, 2.05) is 5.38 Å². The van der Waals surface area contributed by atoms with Crippen molar-refractivity contribution in [3.63, 3.8) is 0 Å². The Hall–Kier alpha value is -1.46. The number of halogens is 1. The molecule has 2 aromatic rings. The van der Waals surface area contributed by atoms with E-state index in [0.29, 0.717) is 17.3 Å². The van der Waals surface area contributed by atoms with Crippen molar-refractivity contribution in [1.29, 1.82) is 0 Å². The summed E-state index contributed by atoms with van der Waals surface area (Å²) in [6, 6.07) is 3.24. The van der Waals surface area contributed by atoms with Crippen LogP contribution in [0, 0.1) is 0 Å². The van der Waals surface area contributed by atoms with Gasteiger partial charge in [0.25, 0.3) is 5.91 Å². The van der Waals surface area contributed by atoms with Gasteiger partial charge in [-0.05, 0) is 12.1 Å². The standard InChI is InChI=1S/C11H10ClN3OS/c12-10-2-1-8(5-14-10)11(16)13-4-3-9-6-17-7-15-9/h1-2,5-7H,3-4H2,(H,13,16). The van der Waals surface area contributed by atoms with Crippen LogP contribution in [0.1, 0.15) is 16.1 Å². The number of carbonyl (C=O) groups excluding carboxylic acids is 1. The molecule has 0 radical (unpaired) electrons. The van der Waals surface area contributed by atoms with Crippen molar-refractivity contribution in [2.24, 2.45) is 0 Å². The molecule has 0 atom stereocenters. The SMILES string of the molecule is O=C(NCCc1cscn1)c1ccc(Cl)nc1. The summed E-state index contributed by atoms with van der Waals surface area (Å²) in [5, 5.41) is 5.15. The summed E-state index contributed by atoms with van der Waals surface area (Å²) in [4.78, 5) is 19.7. The lowest BCUT2D eigenvalue weighted by Gasteiger charge is -2.03. The molecule has 4 nitrogen and oxygen atoms in total. The van der Waals surface area contributed by atoms with Crippen LogP contribution >= 0.6 is 22.9 Å². The second-order valence-electron chi connectivity index (χ2n) is 3.36.